The first kappa shape index (κ1) is 13.6. The van der Waals surface area contributed by atoms with Crippen molar-refractivity contribution in [3.05, 3.63) is 35.4 Å². The Balaban J connectivity index is 1.82. The van der Waals surface area contributed by atoms with Crippen LogP contribution in [0.4, 0.5) is 0 Å². The average molecular weight is 246 g/mol. The lowest BCUT2D eigenvalue weighted by Crippen LogP contribution is -2.43. The summed E-state index contributed by atoms with van der Waals surface area (Å²) in [6.45, 7) is 8.18. The van der Waals surface area contributed by atoms with Crippen LogP contribution in [-0.2, 0) is 13.0 Å². The Kier molecular flexibility index (Phi) is 5.21. The summed E-state index contributed by atoms with van der Waals surface area (Å²) in [6.07, 6.45) is 3.81. The molecule has 0 spiro atoms. The Morgan fingerprint density at radius 2 is 1.56 bits per heavy atom. The van der Waals surface area contributed by atoms with E-state index in [0.29, 0.717) is 0 Å². The molecular weight excluding hydrogens is 220 g/mol. The largest absolute Gasteiger partial charge is 0.304 e. The second kappa shape index (κ2) is 6.91. The van der Waals surface area contributed by atoms with Crippen LogP contribution in [0.3, 0.4) is 0 Å². The molecule has 0 amide bonds. The summed E-state index contributed by atoms with van der Waals surface area (Å²) in [5.41, 5.74) is 2.94. The molecule has 0 aromatic heterocycles. The topological polar surface area (TPSA) is 6.48 Å². The van der Waals surface area contributed by atoms with Gasteiger partial charge in [-0.05, 0) is 31.0 Å². The molecule has 0 bridgehead atoms. The van der Waals surface area contributed by atoms with Crippen LogP contribution in [0, 0.1) is 0 Å². The monoisotopic (exact) mass is 246 g/mol. The summed E-state index contributed by atoms with van der Waals surface area (Å²) in [6, 6.07) is 9.23. The van der Waals surface area contributed by atoms with E-state index < -0.39 is 0 Å². The van der Waals surface area contributed by atoms with Crippen molar-refractivity contribution in [3.8, 4) is 0 Å². The standard InChI is InChI=1S/C16H26N2/c1-3-4-5-15-6-8-16(9-7-15)14-18-12-10-17(2)11-13-18/h6-9H,3-5,10-14H2,1-2H3. The Bertz CT molecular complexity index is 337. The molecule has 1 aliphatic rings. The van der Waals surface area contributed by atoms with Gasteiger partial charge in [-0.2, -0.15) is 0 Å². The molecule has 1 aliphatic heterocycles. The summed E-state index contributed by atoms with van der Waals surface area (Å²) < 4.78 is 0. The van der Waals surface area contributed by atoms with Crippen molar-refractivity contribution in [2.75, 3.05) is 33.2 Å². The number of hydrogen-bond donors (Lipinski definition) is 0. The molecular formula is C16H26N2. The third kappa shape index (κ3) is 4.11. The van der Waals surface area contributed by atoms with Gasteiger partial charge in [0.25, 0.3) is 0 Å². The Morgan fingerprint density at radius 1 is 0.944 bits per heavy atom. The zero-order valence-electron chi connectivity index (χ0n) is 11.9. The fraction of sp³-hybridized carbons (Fsp3) is 0.625. The van der Waals surface area contributed by atoms with E-state index in [4.69, 9.17) is 0 Å². The van der Waals surface area contributed by atoms with Gasteiger partial charge in [-0.15, -0.1) is 0 Å². The van der Waals surface area contributed by atoms with Crippen molar-refractivity contribution in [1.82, 2.24) is 9.80 Å². The first-order chi connectivity index (χ1) is 8.78. The normalized spacial score (nSPS) is 18.1. The SMILES string of the molecule is CCCCc1ccc(CN2CCN(C)CC2)cc1. The number of rotatable bonds is 5. The maximum Gasteiger partial charge on any atom is 0.0234 e. The van der Waals surface area contributed by atoms with Crippen LogP contribution in [-0.4, -0.2) is 43.0 Å². The molecule has 1 saturated heterocycles. The van der Waals surface area contributed by atoms with Gasteiger partial charge < -0.3 is 4.90 Å². The Labute approximate surface area is 112 Å². The van der Waals surface area contributed by atoms with Gasteiger partial charge in [-0.3, -0.25) is 4.90 Å². The third-order valence-corrected chi connectivity index (χ3v) is 3.84. The van der Waals surface area contributed by atoms with E-state index in [9.17, 15) is 0 Å². The molecule has 100 valence electrons. The van der Waals surface area contributed by atoms with E-state index in [0.717, 1.165) is 6.54 Å². The first-order valence-electron chi connectivity index (χ1n) is 7.26. The molecule has 2 nitrogen and oxygen atoms in total. The Hall–Kier alpha value is -0.860. The summed E-state index contributed by atoms with van der Waals surface area (Å²) in [4.78, 5) is 4.96. The van der Waals surface area contributed by atoms with E-state index in [-0.39, 0.29) is 0 Å². The van der Waals surface area contributed by atoms with Gasteiger partial charge in [0.2, 0.25) is 0 Å². The molecule has 0 saturated carbocycles. The lowest BCUT2D eigenvalue weighted by Gasteiger charge is -2.32. The summed E-state index contributed by atoms with van der Waals surface area (Å²) in [5, 5.41) is 0. The van der Waals surface area contributed by atoms with Crippen molar-refractivity contribution in [2.24, 2.45) is 0 Å². The van der Waals surface area contributed by atoms with E-state index in [1.807, 2.05) is 0 Å². The zero-order valence-corrected chi connectivity index (χ0v) is 11.9. The average Bonchev–Trinajstić information content (AvgIpc) is 2.41. The highest BCUT2D eigenvalue weighted by Crippen LogP contribution is 2.11. The van der Waals surface area contributed by atoms with Crippen LogP contribution in [0.1, 0.15) is 30.9 Å². The molecule has 1 aromatic carbocycles. The third-order valence-electron chi connectivity index (χ3n) is 3.84. The molecule has 0 aliphatic carbocycles. The molecule has 2 heteroatoms. The van der Waals surface area contributed by atoms with Crippen molar-refractivity contribution in [1.29, 1.82) is 0 Å². The molecule has 0 unspecified atom stereocenters. The number of aryl methyl sites for hydroxylation is 1. The van der Waals surface area contributed by atoms with Crippen LogP contribution in [0.5, 0.6) is 0 Å². The number of nitrogens with zero attached hydrogens (tertiary/aromatic N) is 2. The zero-order chi connectivity index (χ0) is 12.8. The molecule has 0 atom stereocenters. The van der Waals surface area contributed by atoms with E-state index in [1.165, 1.54) is 56.6 Å². The van der Waals surface area contributed by atoms with E-state index in [2.05, 4.69) is 48.0 Å². The fourth-order valence-corrected chi connectivity index (χ4v) is 2.46. The molecule has 0 N–H and O–H groups in total. The maximum absolute atomic E-state index is 2.56. The number of hydrogen-bond acceptors (Lipinski definition) is 2. The molecule has 1 aromatic rings. The molecule has 2 rings (SSSR count). The second-order valence-corrected chi connectivity index (χ2v) is 5.50. The van der Waals surface area contributed by atoms with Gasteiger partial charge in [0.15, 0.2) is 0 Å². The molecule has 0 radical (unpaired) electrons. The van der Waals surface area contributed by atoms with Gasteiger partial charge in [-0.25, -0.2) is 0 Å². The molecule has 18 heavy (non-hydrogen) atoms. The lowest BCUT2D eigenvalue weighted by atomic mass is 10.1. The quantitative estimate of drug-likeness (QED) is 0.788. The molecule has 1 heterocycles. The fourth-order valence-electron chi connectivity index (χ4n) is 2.46. The lowest BCUT2D eigenvalue weighted by molar-refractivity contribution is 0.148. The predicted octanol–water partition coefficient (Wildman–Crippen LogP) is 2.78. The van der Waals surface area contributed by atoms with Crippen molar-refractivity contribution < 1.29 is 0 Å². The van der Waals surface area contributed by atoms with Crippen LogP contribution in [0.2, 0.25) is 0 Å². The number of piperazine rings is 1. The smallest absolute Gasteiger partial charge is 0.0234 e. The van der Waals surface area contributed by atoms with Gasteiger partial charge in [0, 0.05) is 32.7 Å². The van der Waals surface area contributed by atoms with Gasteiger partial charge in [0.05, 0.1) is 0 Å². The highest BCUT2D eigenvalue weighted by molar-refractivity contribution is 5.22. The number of likely N-dealkylation sites (N-methyl/N-ethyl adjacent to an activating group) is 1. The van der Waals surface area contributed by atoms with E-state index in [1.54, 1.807) is 0 Å². The summed E-state index contributed by atoms with van der Waals surface area (Å²) in [7, 11) is 2.21. The first-order valence-corrected chi connectivity index (χ1v) is 7.26. The van der Waals surface area contributed by atoms with Gasteiger partial charge in [-0.1, -0.05) is 37.6 Å². The van der Waals surface area contributed by atoms with Crippen LogP contribution in [0.15, 0.2) is 24.3 Å². The number of unbranched alkanes of at least 4 members (excludes halogenated alkanes) is 1. The highest BCUT2D eigenvalue weighted by Gasteiger charge is 2.13. The molecule has 1 fully saturated rings. The van der Waals surface area contributed by atoms with Crippen molar-refractivity contribution in [3.63, 3.8) is 0 Å². The van der Waals surface area contributed by atoms with Gasteiger partial charge in [0.1, 0.15) is 0 Å². The number of benzene rings is 1. The highest BCUT2D eigenvalue weighted by atomic mass is 15.2. The summed E-state index contributed by atoms with van der Waals surface area (Å²) >= 11 is 0. The van der Waals surface area contributed by atoms with E-state index >= 15 is 0 Å². The van der Waals surface area contributed by atoms with Gasteiger partial charge >= 0.3 is 0 Å². The Morgan fingerprint density at radius 3 is 2.17 bits per heavy atom. The van der Waals surface area contributed by atoms with Crippen LogP contribution < -0.4 is 0 Å². The van der Waals surface area contributed by atoms with Crippen molar-refractivity contribution >= 4 is 0 Å². The minimum absolute atomic E-state index is 1.11. The minimum Gasteiger partial charge on any atom is -0.304 e. The van der Waals surface area contributed by atoms with Crippen LogP contribution >= 0.6 is 0 Å². The minimum atomic E-state index is 1.11. The second-order valence-electron chi connectivity index (χ2n) is 5.50. The summed E-state index contributed by atoms with van der Waals surface area (Å²) in [5.74, 6) is 0. The van der Waals surface area contributed by atoms with Crippen LogP contribution in [0.25, 0.3) is 0 Å². The van der Waals surface area contributed by atoms with Crippen molar-refractivity contribution in [2.45, 2.75) is 32.7 Å². The maximum atomic E-state index is 2.56. The predicted molar refractivity (Wildman–Crippen MR) is 77.8 cm³/mol.